The van der Waals surface area contributed by atoms with Gasteiger partial charge in [0.05, 0.1) is 6.10 Å². The van der Waals surface area contributed by atoms with E-state index in [1.807, 2.05) is 4.68 Å². The van der Waals surface area contributed by atoms with Gasteiger partial charge in [0.1, 0.15) is 12.2 Å². The Morgan fingerprint density at radius 3 is 2.81 bits per heavy atom. The summed E-state index contributed by atoms with van der Waals surface area (Å²) < 4.78 is 7.93. The number of rotatable bonds is 6. The summed E-state index contributed by atoms with van der Waals surface area (Å²) in [5.74, 6) is 1.09. The Balaban J connectivity index is 2.14. The Bertz CT molecular complexity index is 451. The fraction of sp³-hybridized carbons (Fsp3) is 0.875. The Morgan fingerprint density at radius 2 is 2.24 bits per heavy atom. The van der Waals surface area contributed by atoms with E-state index in [4.69, 9.17) is 4.74 Å². The predicted octanol–water partition coefficient (Wildman–Crippen LogP) is 2.41. The van der Waals surface area contributed by atoms with E-state index in [9.17, 15) is 0 Å². The minimum Gasteiger partial charge on any atom is -0.378 e. The van der Waals surface area contributed by atoms with Crippen LogP contribution in [-0.2, 0) is 17.7 Å². The number of aromatic nitrogens is 3. The molecule has 120 valence electrons. The second kappa shape index (κ2) is 6.44. The van der Waals surface area contributed by atoms with E-state index >= 15 is 0 Å². The Hall–Kier alpha value is -0.940. The minimum atomic E-state index is 0.117. The highest BCUT2D eigenvalue weighted by Gasteiger charge is 2.43. The van der Waals surface area contributed by atoms with Crippen molar-refractivity contribution < 1.29 is 4.74 Å². The third-order valence-corrected chi connectivity index (χ3v) is 4.44. The highest BCUT2D eigenvalue weighted by Crippen LogP contribution is 2.37. The molecule has 1 aromatic rings. The molecule has 0 aliphatic carbocycles. The van der Waals surface area contributed by atoms with E-state index < -0.39 is 0 Å². The molecule has 5 nitrogen and oxygen atoms in total. The summed E-state index contributed by atoms with van der Waals surface area (Å²) in [5.41, 5.74) is 0.234. The first-order valence-corrected chi connectivity index (χ1v) is 8.10. The largest absolute Gasteiger partial charge is 0.378 e. The number of hydrogen-bond acceptors (Lipinski definition) is 4. The summed E-state index contributed by atoms with van der Waals surface area (Å²) in [6.45, 7) is 13.7. The molecule has 1 fully saturated rings. The lowest BCUT2D eigenvalue weighted by Crippen LogP contribution is -2.48. The zero-order valence-corrected chi connectivity index (χ0v) is 14.1. The highest BCUT2D eigenvalue weighted by atomic mass is 16.5. The van der Waals surface area contributed by atoms with Gasteiger partial charge in [-0.15, -0.1) is 0 Å². The van der Waals surface area contributed by atoms with Gasteiger partial charge in [-0.25, -0.2) is 4.98 Å². The first kappa shape index (κ1) is 16.4. The maximum absolute atomic E-state index is 5.89. The van der Waals surface area contributed by atoms with Crippen LogP contribution < -0.4 is 5.32 Å². The van der Waals surface area contributed by atoms with Crippen LogP contribution in [0.3, 0.4) is 0 Å². The SMILES string of the molecule is CCCn1ncnc1CC1(CNC(C)(C)C)CCOC1C. The maximum Gasteiger partial charge on any atom is 0.138 e. The van der Waals surface area contributed by atoms with Crippen LogP contribution in [-0.4, -0.2) is 39.6 Å². The van der Waals surface area contributed by atoms with E-state index in [1.54, 1.807) is 6.33 Å². The topological polar surface area (TPSA) is 52.0 Å². The van der Waals surface area contributed by atoms with Crippen LogP contribution >= 0.6 is 0 Å². The van der Waals surface area contributed by atoms with Gasteiger partial charge in [-0.2, -0.15) is 5.10 Å². The molecule has 0 radical (unpaired) electrons. The molecule has 1 N–H and O–H groups in total. The number of hydrogen-bond donors (Lipinski definition) is 1. The molecule has 2 rings (SSSR count). The smallest absolute Gasteiger partial charge is 0.138 e. The van der Waals surface area contributed by atoms with Crippen LogP contribution in [0.5, 0.6) is 0 Å². The van der Waals surface area contributed by atoms with Crippen molar-refractivity contribution in [1.29, 1.82) is 0 Å². The molecule has 2 unspecified atom stereocenters. The van der Waals surface area contributed by atoms with Gasteiger partial charge >= 0.3 is 0 Å². The molecule has 5 heteroatoms. The van der Waals surface area contributed by atoms with Gasteiger partial charge in [-0.3, -0.25) is 4.68 Å². The van der Waals surface area contributed by atoms with Gasteiger partial charge in [0.25, 0.3) is 0 Å². The molecular formula is C16H30N4O. The van der Waals surface area contributed by atoms with Crippen molar-refractivity contribution in [1.82, 2.24) is 20.1 Å². The van der Waals surface area contributed by atoms with Crippen LogP contribution in [0.15, 0.2) is 6.33 Å². The molecule has 0 saturated carbocycles. The summed E-state index contributed by atoms with van der Waals surface area (Å²) in [4.78, 5) is 4.49. The standard InChI is InChI=1S/C16H30N4O/c1-6-8-20-14(17-12-19-20)10-16(7-9-21-13(16)2)11-18-15(3,4)5/h12-13,18H,6-11H2,1-5H3. The van der Waals surface area contributed by atoms with Crippen LogP contribution in [0.2, 0.25) is 0 Å². The Morgan fingerprint density at radius 1 is 1.48 bits per heavy atom. The third kappa shape index (κ3) is 4.04. The average Bonchev–Trinajstić information content (AvgIpc) is 2.96. The second-order valence-corrected chi connectivity index (χ2v) is 7.31. The molecule has 1 saturated heterocycles. The van der Waals surface area contributed by atoms with Gasteiger partial charge in [-0.1, -0.05) is 6.92 Å². The lowest BCUT2D eigenvalue weighted by atomic mass is 9.77. The Labute approximate surface area is 128 Å². The van der Waals surface area contributed by atoms with Crippen molar-refractivity contribution in [2.24, 2.45) is 5.41 Å². The zero-order chi connectivity index (χ0) is 15.5. The maximum atomic E-state index is 5.89. The van der Waals surface area contributed by atoms with E-state index in [0.29, 0.717) is 0 Å². The molecule has 0 spiro atoms. The van der Waals surface area contributed by atoms with Gasteiger partial charge < -0.3 is 10.1 Å². The molecular weight excluding hydrogens is 264 g/mol. The summed E-state index contributed by atoms with van der Waals surface area (Å²) in [6.07, 6.45) is 5.01. The van der Waals surface area contributed by atoms with Gasteiger partial charge in [-0.05, 0) is 40.5 Å². The third-order valence-electron chi connectivity index (χ3n) is 4.44. The summed E-state index contributed by atoms with van der Waals surface area (Å²) >= 11 is 0. The average molecular weight is 294 g/mol. The molecule has 0 bridgehead atoms. The monoisotopic (exact) mass is 294 g/mol. The van der Waals surface area contributed by atoms with Gasteiger partial charge in [0.2, 0.25) is 0 Å². The first-order valence-electron chi connectivity index (χ1n) is 8.10. The summed E-state index contributed by atoms with van der Waals surface area (Å²) in [7, 11) is 0. The van der Waals surface area contributed by atoms with Crippen molar-refractivity contribution in [3.8, 4) is 0 Å². The quantitative estimate of drug-likeness (QED) is 0.875. The predicted molar refractivity (Wildman–Crippen MR) is 84.2 cm³/mol. The van der Waals surface area contributed by atoms with Crippen molar-refractivity contribution in [3.05, 3.63) is 12.2 Å². The van der Waals surface area contributed by atoms with Gasteiger partial charge in [0, 0.05) is 37.1 Å². The molecule has 2 atom stereocenters. The molecule has 0 amide bonds. The molecule has 0 aromatic carbocycles. The number of nitrogens with one attached hydrogen (secondary N) is 1. The summed E-state index contributed by atoms with van der Waals surface area (Å²) in [5, 5.41) is 8.02. The van der Waals surface area contributed by atoms with Crippen molar-refractivity contribution >= 4 is 0 Å². The van der Waals surface area contributed by atoms with E-state index in [0.717, 1.165) is 44.8 Å². The van der Waals surface area contributed by atoms with E-state index in [2.05, 4.69) is 50.0 Å². The minimum absolute atomic E-state index is 0.117. The first-order chi connectivity index (χ1) is 9.86. The number of ether oxygens (including phenoxy) is 1. The lowest BCUT2D eigenvalue weighted by Gasteiger charge is -2.35. The van der Waals surface area contributed by atoms with Crippen molar-refractivity contribution in [2.45, 2.75) is 72.1 Å². The Kier molecular flexibility index (Phi) is 5.04. The van der Waals surface area contributed by atoms with Gasteiger partial charge in [0.15, 0.2) is 0 Å². The molecule has 2 heterocycles. The highest BCUT2D eigenvalue weighted by molar-refractivity contribution is 5.01. The molecule has 1 aliphatic rings. The van der Waals surface area contributed by atoms with Crippen LogP contribution in [0.1, 0.15) is 53.3 Å². The van der Waals surface area contributed by atoms with E-state index in [-0.39, 0.29) is 17.1 Å². The zero-order valence-electron chi connectivity index (χ0n) is 14.1. The molecule has 1 aromatic heterocycles. The number of aryl methyl sites for hydroxylation is 1. The second-order valence-electron chi connectivity index (χ2n) is 7.31. The van der Waals surface area contributed by atoms with Crippen LogP contribution in [0, 0.1) is 5.41 Å². The van der Waals surface area contributed by atoms with Crippen LogP contribution in [0.4, 0.5) is 0 Å². The van der Waals surface area contributed by atoms with Crippen LogP contribution in [0.25, 0.3) is 0 Å². The molecule has 21 heavy (non-hydrogen) atoms. The van der Waals surface area contributed by atoms with E-state index in [1.165, 1.54) is 0 Å². The fourth-order valence-electron chi connectivity index (χ4n) is 2.93. The van der Waals surface area contributed by atoms with Crippen molar-refractivity contribution in [3.63, 3.8) is 0 Å². The number of nitrogens with zero attached hydrogens (tertiary/aromatic N) is 3. The summed E-state index contributed by atoms with van der Waals surface area (Å²) in [6, 6.07) is 0. The van der Waals surface area contributed by atoms with Crippen molar-refractivity contribution in [2.75, 3.05) is 13.2 Å². The normalized spacial score (nSPS) is 26.4. The molecule has 1 aliphatic heterocycles. The lowest BCUT2D eigenvalue weighted by molar-refractivity contribution is 0.0582. The fourth-order valence-corrected chi connectivity index (χ4v) is 2.93.